The number of rotatable bonds is 5. The molecule has 25 heavy (non-hydrogen) atoms. The Labute approximate surface area is 145 Å². The van der Waals surface area contributed by atoms with Gasteiger partial charge >= 0.3 is 6.18 Å². The van der Waals surface area contributed by atoms with Crippen LogP contribution in [0.3, 0.4) is 0 Å². The highest BCUT2D eigenvalue weighted by Gasteiger charge is 2.34. The first-order valence-electron chi connectivity index (χ1n) is 8.36. The first-order chi connectivity index (χ1) is 11.8. The van der Waals surface area contributed by atoms with Crippen LogP contribution in [0.4, 0.5) is 17.6 Å². The normalized spacial score (nSPS) is 19.3. The minimum atomic E-state index is -4.17. The Balaban J connectivity index is 1.93. The summed E-state index contributed by atoms with van der Waals surface area (Å²) >= 11 is 0. The molecule has 2 rings (SSSR count). The summed E-state index contributed by atoms with van der Waals surface area (Å²) < 4.78 is 50.7. The lowest BCUT2D eigenvalue weighted by Gasteiger charge is -2.19. The molecule has 1 atom stereocenters. The molecule has 0 aliphatic carbocycles. The van der Waals surface area contributed by atoms with Crippen molar-refractivity contribution in [3.05, 3.63) is 35.1 Å². The second-order valence-electron chi connectivity index (χ2n) is 6.26. The third-order valence-corrected chi connectivity index (χ3v) is 4.00. The summed E-state index contributed by atoms with van der Waals surface area (Å²) in [6.07, 6.45) is -3.54. The monoisotopic (exact) mass is 360 g/mol. The van der Waals surface area contributed by atoms with Gasteiger partial charge in [-0.15, -0.1) is 0 Å². The average molecular weight is 360 g/mol. The van der Waals surface area contributed by atoms with Crippen LogP contribution in [0.2, 0.25) is 0 Å². The largest absolute Gasteiger partial charge is 0.401 e. The van der Waals surface area contributed by atoms with E-state index in [-0.39, 0.29) is 11.9 Å². The van der Waals surface area contributed by atoms with Gasteiger partial charge < -0.3 is 10.6 Å². The van der Waals surface area contributed by atoms with Gasteiger partial charge in [-0.05, 0) is 37.5 Å². The van der Waals surface area contributed by atoms with E-state index in [4.69, 9.17) is 0 Å². The van der Waals surface area contributed by atoms with Crippen molar-refractivity contribution in [2.45, 2.75) is 39.0 Å². The number of nitrogens with one attached hydrogen (secondary N) is 2. The molecule has 2 N–H and O–H groups in total. The van der Waals surface area contributed by atoms with E-state index >= 15 is 0 Å². The van der Waals surface area contributed by atoms with Gasteiger partial charge in [-0.1, -0.05) is 12.1 Å². The minimum absolute atomic E-state index is 0.0740. The van der Waals surface area contributed by atoms with Crippen molar-refractivity contribution in [1.82, 2.24) is 15.5 Å². The highest BCUT2D eigenvalue weighted by molar-refractivity contribution is 5.80. The number of aliphatic imine (C=N–C) groups is 1. The van der Waals surface area contributed by atoms with Gasteiger partial charge in [-0.25, -0.2) is 9.38 Å². The van der Waals surface area contributed by atoms with Crippen molar-refractivity contribution >= 4 is 5.96 Å². The van der Waals surface area contributed by atoms with Crippen LogP contribution in [0.25, 0.3) is 0 Å². The van der Waals surface area contributed by atoms with E-state index in [2.05, 4.69) is 15.6 Å². The minimum Gasteiger partial charge on any atom is -0.357 e. The number of aryl methyl sites for hydroxylation is 1. The third-order valence-electron chi connectivity index (χ3n) is 4.00. The van der Waals surface area contributed by atoms with Gasteiger partial charge in [0.15, 0.2) is 5.96 Å². The molecule has 1 fully saturated rings. The standard InChI is InChI=1S/C17H24F4N4/c1-3-22-16(23-9-13-4-5-15(18)12(2)8-13)24-14-6-7-25(10-14)11-17(19,20)21/h4-5,8,14H,3,6-7,9-11H2,1-2H3,(H2,22,23,24). The van der Waals surface area contributed by atoms with Crippen LogP contribution in [-0.4, -0.2) is 49.3 Å². The third kappa shape index (κ3) is 6.53. The summed E-state index contributed by atoms with van der Waals surface area (Å²) in [6.45, 7) is 4.49. The summed E-state index contributed by atoms with van der Waals surface area (Å²) in [6, 6.07) is 4.75. The molecule has 1 aliphatic heterocycles. The molecular weight excluding hydrogens is 336 g/mol. The number of hydrogen-bond donors (Lipinski definition) is 2. The highest BCUT2D eigenvalue weighted by atomic mass is 19.4. The summed E-state index contributed by atoms with van der Waals surface area (Å²) in [7, 11) is 0. The molecule has 4 nitrogen and oxygen atoms in total. The van der Waals surface area contributed by atoms with Crippen LogP contribution < -0.4 is 10.6 Å². The van der Waals surface area contributed by atoms with Crippen molar-refractivity contribution < 1.29 is 17.6 Å². The van der Waals surface area contributed by atoms with Crippen molar-refractivity contribution in [3.8, 4) is 0 Å². The number of likely N-dealkylation sites (tertiary alicyclic amines) is 1. The fourth-order valence-corrected chi connectivity index (χ4v) is 2.84. The predicted octanol–water partition coefficient (Wildman–Crippen LogP) is 2.83. The van der Waals surface area contributed by atoms with E-state index < -0.39 is 12.7 Å². The Morgan fingerprint density at radius 1 is 1.36 bits per heavy atom. The first-order valence-corrected chi connectivity index (χ1v) is 8.36. The maximum Gasteiger partial charge on any atom is 0.401 e. The van der Waals surface area contributed by atoms with Gasteiger partial charge in [0, 0.05) is 25.7 Å². The molecule has 1 aromatic carbocycles. The van der Waals surface area contributed by atoms with Crippen molar-refractivity contribution in [3.63, 3.8) is 0 Å². The summed E-state index contributed by atoms with van der Waals surface area (Å²) in [5.41, 5.74) is 1.44. The number of nitrogens with zero attached hydrogens (tertiary/aromatic N) is 2. The Morgan fingerprint density at radius 2 is 2.12 bits per heavy atom. The Bertz CT molecular complexity index is 601. The van der Waals surface area contributed by atoms with Gasteiger partial charge in [0.1, 0.15) is 5.82 Å². The van der Waals surface area contributed by atoms with E-state index in [9.17, 15) is 17.6 Å². The zero-order valence-corrected chi connectivity index (χ0v) is 14.5. The van der Waals surface area contributed by atoms with Gasteiger partial charge in [-0.2, -0.15) is 13.2 Å². The average Bonchev–Trinajstić information content (AvgIpc) is 2.93. The molecule has 1 aliphatic rings. The zero-order valence-electron chi connectivity index (χ0n) is 14.5. The van der Waals surface area contributed by atoms with Gasteiger partial charge in [-0.3, -0.25) is 4.90 Å². The lowest BCUT2D eigenvalue weighted by Crippen LogP contribution is -2.45. The van der Waals surface area contributed by atoms with Gasteiger partial charge in [0.05, 0.1) is 13.1 Å². The summed E-state index contributed by atoms with van der Waals surface area (Å²) in [5.74, 6) is 0.303. The molecule has 1 saturated heterocycles. The molecule has 8 heteroatoms. The molecule has 1 heterocycles. The highest BCUT2D eigenvalue weighted by Crippen LogP contribution is 2.20. The van der Waals surface area contributed by atoms with Crippen LogP contribution in [0.1, 0.15) is 24.5 Å². The number of hydrogen-bond acceptors (Lipinski definition) is 2. The Kier molecular flexibility index (Phi) is 6.64. The SMILES string of the molecule is CCNC(=NCc1ccc(F)c(C)c1)NC1CCN(CC(F)(F)F)C1. The smallest absolute Gasteiger partial charge is 0.357 e. The van der Waals surface area contributed by atoms with Crippen LogP contribution in [0.15, 0.2) is 23.2 Å². The van der Waals surface area contributed by atoms with Crippen LogP contribution >= 0.6 is 0 Å². The number of halogens is 4. The summed E-state index contributed by atoms with van der Waals surface area (Å²) in [4.78, 5) is 5.84. The molecular formula is C17H24F4N4. The van der Waals surface area contributed by atoms with Crippen LogP contribution in [-0.2, 0) is 6.54 Å². The quantitative estimate of drug-likeness (QED) is 0.482. The Morgan fingerprint density at radius 3 is 2.76 bits per heavy atom. The van der Waals surface area contributed by atoms with Crippen LogP contribution in [0.5, 0.6) is 0 Å². The summed E-state index contributed by atoms with van der Waals surface area (Å²) in [5, 5.41) is 6.28. The van der Waals surface area contributed by atoms with E-state index in [0.29, 0.717) is 44.1 Å². The molecule has 0 bridgehead atoms. The maximum absolute atomic E-state index is 13.3. The fraction of sp³-hybridized carbons (Fsp3) is 0.588. The maximum atomic E-state index is 13.3. The number of guanidine groups is 1. The fourth-order valence-electron chi connectivity index (χ4n) is 2.84. The zero-order chi connectivity index (χ0) is 18.4. The second-order valence-corrected chi connectivity index (χ2v) is 6.26. The van der Waals surface area contributed by atoms with E-state index in [0.717, 1.165) is 5.56 Å². The molecule has 1 unspecified atom stereocenters. The molecule has 0 saturated carbocycles. The molecule has 0 aromatic heterocycles. The molecule has 0 spiro atoms. The van der Waals surface area contributed by atoms with Crippen molar-refractivity contribution in [1.29, 1.82) is 0 Å². The van der Waals surface area contributed by atoms with E-state index in [1.165, 1.54) is 11.0 Å². The lowest BCUT2D eigenvalue weighted by atomic mass is 10.1. The second kappa shape index (κ2) is 8.51. The molecule has 0 radical (unpaired) electrons. The number of benzene rings is 1. The number of alkyl halides is 3. The van der Waals surface area contributed by atoms with Gasteiger partial charge in [0.25, 0.3) is 0 Å². The van der Waals surface area contributed by atoms with E-state index in [1.54, 1.807) is 19.1 Å². The van der Waals surface area contributed by atoms with Crippen LogP contribution in [0, 0.1) is 12.7 Å². The lowest BCUT2D eigenvalue weighted by molar-refractivity contribution is -0.143. The first kappa shape index (κ1) is 19.5. The Hall–Kier alpha value is -1.83. The molecule has 1 aromatic rings. The predicted molar refractivity (Wildman–Crippen MR) is 90.0 cm³/mol. The topological polar surface area (TPSA) is 39.7 Å². The molecule has 140 valence electrons. The van der Waals surface area contributed by atoms with E-state index in [1.807, 2.05) is 6.92 Å². The molecule has 0 amide bonds. The van der Waals surface area contributed by atoms with Crippen molar-refractivity contribution in [2.24, 2.45) is 4.99 Å². The van der Waals surface area contributed by atoms with Gasteiger partial charge in [0.2, 0.25) is 0 Å². The van der Waals surface area contributed by atoms with Crippen molar-refractivity contribution in [2.75, 3.05) is 26.2 Å².